The van der Waals surface area contributed by atoms with Crippen LogP contribution in [0.15, 0.2) is 6.20 Å². The zero-order valence-electron chi connectivity index (χ0n) is 12.6. The molecule has 5 heteroatoms. The summed E-state index contributed by atoms with van der Waals surface area (Å²) in [7, 11) is 1.72. The lowest BCUT2D eigenvalue weighted by Crippen LogP contribution is -2.27. The zero-order chi connectivity index (χ0) is 14.1. The number of thiazole rings is 1. The summed E-state index contributed by atoms with van der Waals surface area (Å²) in [4.78, 5) is 8.21. The predicted octanol–water partition coefficient (Wildman–Crippen LogP) is 2.75. The normalized spacial score (nSPS) is 12.6. The van der Waals surface area contributed by atoms with Gasteiger partial charge >= 0.3 is 0 Å². The summed E-state index contributed by atoms with van der Waals surface area (Å²) in [5.41, 5.74) is 0. The van der Waals surface area contributed by atoms with Gasteiger partial charge in [0.1, 0.15) is 0 Å². The first-order valence-electron chi connectivity index (χ1n) is 7.10. The fourth-order valence-corrected chi connectivity index (χ4v) is 2.71. The molecule has 0 fully saturated rings. The molecule has 0 spiro atoms. The SMILES string of the molecule is CCC(C)CN(CC)c1ncc(CNCCOC)s1. The van der Waals surface area contributed by atoms with E-state index in [0.717, 1.165) is 37.9 Å². The summed E-state index contributed by atoms with van der Waals surface area (Å²) in [5, 5.41) is 4.50. The molecule has 1 heterocycles. The molecule has 1 aromatic rings. The third-order valence-electron chi connectivity index (χ3n) is 3.20. The maximum absolute atomic E-state index is 5.01. The summed E-state index contributed by atoms with van der Waals surface area (Å²) in [5.74, 6) is 0.715. The first kappa shape index (κ1) is 16.4. The minimum absolute atomic E-state index is 0.715. The van der Waals surface area contributed by atoms with E-state index in [1.807, 2.05) is 6.20 Å². The summed E-state index contributed by atoms with van der Waals surface area (Å²) in [6.45, 7) is 11.4. The molecule has 0 aromatic carbocycles. The number of rotatable bonds is 10. The number of hydrogen-bond acceptors (Lipinski definition) is 5. The molecular formula is C14H27N3OS. The Morgan fingerprint density at radius 2 is 2.26 bits per heavy atom. The fourth-order valence-electron chi connectivity index (χ4n) is 1.76. The van der Waals surface area contributed by atoms with Crippen molar-refractivity contribution in [3.63, 3.8) is 0 Å². The van der Waals surface area contributed by atoms with Crippen LogP contribution in [-0.2, 0) is 11.3 Å². The van der Waals surface area contributed by atoms with E-state index in [1.165, 1.54) is 11.3 Å². The maximum Gasteiger partial charge on any atom is 0.185 e. The molecule has 1 N–H and O–H groups in total. The monoisotopic (exact) mass is 285 g/mol. The molecule has 0 radical (unpaired) electrons. The lowest BCUT2D eigenvalue weighted by molar-refractivity contribution is 0.199. The van der Waals surface area contributed by atoms with E-state index in [1.54, 1.807) is 18.4 Å². The zero-order valence-corrected chi connectivity index (χ0v) is 13.4. The van der Waals surface area contributed by atoms with Gasteiger partial charge in [-0.2, -0.15) is 0 Å². The van der Waals surface area contributed by atoms with Crippen LogP contribution in [0, 0.1) is 5.92 Å². The molecule has 0 bridgehead atoms. The molecular weight excluding hydrogens is 258 g/mol. The topological polar surface area (TPSA) is 37.4 Å². The molecule has 1 aromatic heterocycles. The van der Waals surface area contributed by atoms with Gasteiger partial charge in [0.25, 0.3) is 0 Å². The molecule has 19 heavy (non-hydrogen) atoms. The van der Waals surface area contributed by atoms with Gasteiger partial charge < -0.3 is 15.0 Å². The number of aromatic nitrogens is 1. The Morgan fingerprint density at radius 3 is 2.89 bits per heavy atom. The van der Waals surface area contributed by atoms with Crippen LogP contribution in [0.5, 0.6) is 0 Å². The average molecular weight is 285 g/mol. The number of hydrogen-bond donors (Lipinski definition) is 1. The molecule has 1 rings (SSSR count). The number of methoxy groups -OCH3 is 1. The van der Waals surface area contributed by atoms with E-state index in [2.05, 4.69) is 36.0 Å². The van der Waals surface area contributed by atoms with Crippen LogP contribution in [0.4, 0.5) is 5.13 Å². The van der Waals surface area contributed by atoms with Crippen molar-refractivity contribution in [1.29, 1.82) is 0 Å². The second-order valence-electron chi connectivity index (χ2n) is 4.83. The quantitative estimate of drug-likeness (QED) is 0.671. The van der Waals surface area contributed by atoms with Gasteiger partial charge in [-0.25, -0.2) is 4.98 Å². The van der Waals surface area contributed by atoms with Gasteiger partial charge in [-0.05, 0) is 12.8 Å². The van der Waals surface area contributed by atoms with Gasteiger partial charge in [-0.1, -0.05) is 20.3 Å². The predicted molar refractivity (Wildman–Crippen MR) is 83.0 cm³/mol. The van der Waals surface area contributed by atoms with Crippen molar-refractivity contribution in [2.75, 3.05) is 38.3 Å². The molecule has 0 aliphatic carbocycles. The van der Waals surface area contributed by atoms with Crippen molar-refractivity contribution in [1.82, 2.24) is 10.3 Å². The van der Waals surface area contributed by atoms with Gasteiger partial charge in [0.15, 0.2) is 5.13 Å². The van der Waals surface area contributed by atoms with Crippen molar-refractivity contribution in [3.8, 4) is 0 Å². The molecule has 4 nitrogen and oxygen atoms in total. The minimum Gasteiger partial charge on any atom is -0.383 e. The second kappa shape index (κ2) is 9.28. The molecule has 1 unspecified atom stereocenters. The summed E-state index contributed by atoms with van der Waals surface area (Å²) in [6.07, 6.45) is 3.20. The van der Waals surface area contributed by atoms with Gasteiger partial charge in [-0.3, -0.25) is 0 Å². The molecule has 0 saturated carbocycles. The van der Waals surface area contributed by atoms with Crippen LogP contribution >= 0.6 is 11.3 Å². The first-order chi connectivity index (χ1) is 9.21. The van der Waals surface area contributed by atoms with Crippen molar-refractivity contribution in [3.05, 3.63) is 11.1 Å². The average Bonchev–Trinajstić information content (AvgIpc) is 2.89. The molecule has 110 valence electrons. The standard InChI is InChI=1S/C14H27N3OS/c1-5-12(3)11-17(6-2)14-16-10-13(19-14)9-15-7-8-18-4/h10,12,15H,5-9,11H2,1-4H3. The maximum atomic E-state index is 5.01. The van der Waals surface area contributed by atoms with Crippen molar-refractivity contribution in [2.45, 2.75) is 33.7 Å². The molecule has 0 aliphatic heterocycles. The number of ether oxygens (including phenoxy) is 1. The largest absolute Gasteiger partial charge is 0.383 e. The van der Waals surface area contributed by atoms with Gasteiger partial charge in [0.2, 0.25) is 0 Å². The van der Waals surface area contributed by atoms with E-state index < -0.39 is 0 Å². The molecule has 0 aliphatic rings. The van der Waals surface area contributed by atoms with Gasteiger partial charge in [0, 0.05) is 44.4 Å². The Bertz CT molecular complexity index is 343. The summed E-state index contributed by atoms with van der Waals surface area (Å²) < 4.78 is 5.01. The highest BCUT2D eigenvalue weighted by Gasteiger charge is 2.12. The van der Waals surface area contributed by atoms with Crippen LogP contribution in [0.25, 0.3) is 0 Å². The fraction of sp³-hybridized carbons (Fsp3) is 0.786. The van der Waals surface area contributed by atoms with Crippen LogP contribution in [0.2, 0.25) is 0 Å². The number of nitrogens with one attached hydrogen (secondary N) is 1. The molecule has 0 amide bonds. The number of anilines is 1. The summed E-state index contributed by atoms with van der Waals surface area (Å²) in [6, 6.07) is 0. The highest BCUT2D eigenvalue weighted by atomic mass is 32.1. The Kier molecular flexibility index (Phi) is 8.02. The highest BCUT2D eigenvalue weighted by Crippen LogP contribution is 2.23. The van der Waals surface area contributed by atoms with E-state index in [-0.39, 0.29) is 0 Å². The Balaban J connectivity index is 2.46. The minimum atomic E-state index is 0.715. The first-order valence-corrected chi connectivity index (χ1v) is 7.92. The van der Waals surface area contributed by atoms with E-state index in [4.69, 9.17) is 4.74 Å². The van der Waals surface area contributed by atoms with Gasteiger partial charge in [0.05, 0.1) is 6.61 Å². The smallest absolute Gasteiger partial charge is 0.185 e. The van der Waals surface area contributed by atoms with Crippen LogP contribution < -0.4 is 10.2 Å². The van der Waals surface area contributed by atoms with E-state index in [0.29, 0.717) is 5.92 Å². The van der Waals surface area contributed by atoms with Crippen molar-refractivity contribution in [2.24, 2.45) is 5.92 Å². The molecule has 0 saturated heterocycles. The second-order valence-corrected chi connectivity index (χ2v) is 5.92. The van der Waals surface area contributed by atoms with Crippen LogP contribution in [-0.4, -0.2) is 38.3 Å². The number of nitrogens with zero attached hydrogens (tertiary/aromatic N) is 2. The van der Waals surface area contributed by atoms with E-state index in [9.17, 15) is 0 Å². The van der Waals surface area contributed by atoms with Crippen molar-refractivity contribution >= 4 is 16.5 Å². The van der Waals surface area contributed by atoms with Gasteiger partial charge in [-0.15, -0.1) is 11.3 Å². The molecule has 1 atom stereocenters. The lowest BCUT2D eigenvalue weighted by atomic mass is 10.1. The third-order valence-corrected chi connectivity index (χ3v) is 4.26. The van der Waals surface area contributed by atoms with E-state index >= 15 is 0 Å². The van der Waals surface area contributed by atoms with Crippen LogP contribution in [0.1, 0.15) is 32.1 Å². The van der Waals surface area contributed by atoms with Crippen LogP contribution in [0.3, 0.4) is 0 Å². The Morgan fingerprint density at radius 1 is 1.47 bits per heavy atom. The Hall–Kier alpha value is -0.650. The highest BCUT2D eigenvalue weighted by molar-refractivity contribution is 7.15. The summed E-state index contributed by atoms with van der Waals surface area (Å²) >= 11 is 1.79. The Labute approximate surface area is 121 Å². The third kappa shape index (κ3) is 5.89. The lowest BCUT2D eigenvalue weighted by Gasteiger charge is -2.23. The van der Waals surface area contributed by atoms with Crippen molar-refractivity contribution < 1.29 is 4.74 Å².